The van der Waals surface area contributed by atoms with Gasteiger partial charge in [0.25, 0.3) is 0 Å². The van der Waals surface area contributed by atoms with Gasteiger partial charge in [0.2, 0.25) is 0 Å². The smallest absolute Gasteiger partial charge is 1.00 e. The Balaban J connectivity index is -0.000000500. The zero-order valence-electron chi connectivity index (χ0n) is 8.07. The molecule has 2 N–H and O–H groups in total. The van der Waals surface area contributed by atoms with Crippen molar-refractivity contribution in [3.8, 4) is 0 Å². The number of carbonyl (C=O) groups is 3. The van der Waals surface area contributed by atoms with Crippen molar-refractivity contribution in [3.05, 3.63) is 0 Å². The van der Waals surface area contributed by atoms with Crippen LogP contribution in [0, 0.1) is 0 Å². The van der Waals surface area contributed by atoms with E-state index in [9.17, 15) is 14.4 Å². The largest absolute Gasteiger partial charge is 1.00 e. The van der Waals surface area contributed by atoms with E-state index in [1.165, 1.54) is 6.92 Å². The number of hydrogen-bond acceptors (Lipinski definition) is 5. The molecule has 12 heavy (non-hydrogen) atoms. The first kappa shape index (κ1) is 14.3. The average Bonchev–Trinajstić information content (AvgIpc) is 2.02. The summed E-state index contributed by atoms with van der Waals surface area (Å²) in [6, 6.07) is -1.36. The van der Waals surface area contributed by atoms with Crippen LogP contribution in [0.5, 0.6) is 0 Å². The quantitative estimate of drug-likeness (QED) is 0.209. The molecular weight excluding hydrogens is 173 g/mol. The zero-order valence-corrected chi connectivity index (χ0v) is 9.07. The molecule has 0 saturated carbocycles. The second kappa shape index (κ2) is 7.42. The summed E-state index contributed by atoms with van der Waals surface area (Å²) in [5.74, 6) is -1.70. The van der Waals surface area contributed by atoms with Crippen LogP contribution in [0.1, 0.15) is 14.8 Å². The third-order valence-corrected chi connectivity index (χ3v) is 0.922. The predicted molar refractivity (Wildman–Crippen MR) is 36.5 cm³/mol. The molecule has 0 aromatic rings. The summed E-state index contributed by atoms with van der Waals surface area (Å²) in [5.41, 5.74) is 4.92. The minimum Gasteiger partial charge on any atom is -1.00 e. The van der Waals surface area contributed by atoms with Gasteiger partial charge in [-0.25, -0.2) is 4.79 Å². The summed E-state index contributed by atoms with van der Waals surface area (Å²) in [6.45, 7) is 1.53. The molecule has 6 heteroatoms. The van der Waals surface area contributed by atoms with Crippen molar-refractivity contribution in [1.82, 2.24) is 0 Å². The van der Waals surface area contributed by atoms with E-state index >= 15 is 0 Å². The van der Waals surface area contributed by atoms with Crippen molar-refractivity contribution in [1.29, 1.82) is 0 Å². The molecule has 0 fully saturated rings. The SMILES string of the molecule is CCC(=O)OC(=O)C(N)C=O.[H-].[Na+]. The van der Waals surface area contributed by atoms with Crippen molar-refractivity contribution in [3.63, 3.8) is 0 Å². The second-order valence-corrected chi connectivity index (χ2v) is 1.81. The van der Waals surface area contributed by atoms with E-state index in [0.29, 0.717) is 0 Å². The normalized spacial score (nSPS) is 10.8. The molecule has 0 amide bonds. The van der Waals surface area contributed by atoms with Crippen LogP contribution in [-0.4, -0.2) is 24.3 Å². The van der Waals surface area contributed by atoms with E-state index in [-0.39, 0.29) is 43.7 Å². The molecule has 0 aromatic carbocycles. The molecule has 1 unspecified atom stereocenters. The van der Waals surface area contributed by atoms with E-state index in [1.54, 1.807) is 0 Å². The summed E-state index contributed by atoms with van der Waals surface area (Å²) >= 11 is 0. The molecule has 0 aliphatic rings. The molecule has 0 heterocycles. The molecule has 0 bridgehead atoms. The number of hydrogen-bond donors (Lipinski definition) is 1. The number of esters is 2. The van der Waals surface area contributed by atoms with Crippen LogP contribution in [0.15, 0.2) is 0 Å². The van der Waals surface area contributed by atoms with Crippen molar-refractivity contribution < 1.29 is 50.1 Å². The van der Waals surface area contributed by atoms with E-state index in [0.717, 1.165) is 0 Å². The van der Waals surface area contributed by atoms with Gasteiger partial charge in [0.05, 0.1) is 0 Å². The number of aldehydes is 1. The third-order valence-electron chi connectivity index (χ3n) is 0.922. The van der Waals surface area contributed by atoms with Crippen LogP contribution in [0.2, 0.25) is 0 Å². The van der Waals surface area contributed by atoms with Crippen LogP contribution < -0.4 is 35.3 Å². The zero-order chi connectivity index (χ0) is 8.85. The molecular formula is C6H10NNaO4. The Bertz CT molecular complexity index is 187. The first-order chi connectivity index (χ1) is 5.11. The van der Waals surface area contributed by atoms with Gasteiger partial charge >= 0.3 is 41.5 Å². The van der Waals surface area contributed by atoms with Gasteiger partial charge in [0, 0.05) is 6.42 Å². The fourth-order valence-electron chi connectivity index (χ4n) is 0.308. The van der Waals surface area contributed by atoms with Crippen LogP contribution in [0.25, 0.3) is 0 Å². The summed E-state index contributed by atoms with van der Waals surface area (Å²) in [6.07, 6.45) is 0.294. The Morgan fingerprint density at radius 3 is 2.50 bits per heavy atom. The van der Waals surface area contributed by atoms with Gasteiger partial charge in [0.1, 0.15) is 6.29 Å². The molecule has 0 rings (SSSR count). The number of rotatable bonds is 3. The molecule has 0 saturated heterocycles. The summed E-state index contributed by atoms with van der Waals surface area (Å²) in [4.78, 5) is 30.9. The predicted octanol–water partition coefficient (Wildman–Crippen LogP) is -3.89. The van der Waals surface area contributed by atoms with Crippen molar-refractivity contribution in [2.45, 2.75) is 19.4 Å². The fourth-order valence-corrected chi connectivity index (χ4v) is 0.308. The van der Waals surface area contributed by atoms with Gasteiger partial charge in [-0.3, -0.25) is 4.79 Å². The molecule has 5 nitrogen and oxygen atoms in total. The summed E-state index contributed by atoms with van der Waals surface area (Å²) in [5, 5.41) is 0. The maximum atomic E-state index is 10.5. The third kappa shape index (κ3) is 5.42. The summed E-state index contributed by atoms with van der Waals surface area (Å²) < 4.78 is 4.12. The van der Waals surface area contributed by atoms with E-state index in [1.807, 2.05) is 0 Å². The first-order valence-electron chi connectivity index (χ1n) is 3.07. The van der Waals surface area contributed by atoms with Crippen LogP contribution >= 0.6 is 0 Å². The first-order valence-corrected chi connectivity index (χ1v) is 3.07. The maximum absolute atomic E-state index is 10.5. The Kier molecular flexibility index (Phi) is 8.84. The minimum atomic E-state index is -1.36. The van der Waals surface area contributed by atoms with E-state index in [2.05, 4.69) is 4.74 Å². The average molecular weight is 183 g/mol. The minimum absolute atomic E-state index is 0. The van der Waals surface area contributed by atoms with Crippen LogP contribution in [0.4, 0.5) is 0 Å². The Morgan fingerprint density at radius 1 is 1.67 bits per heavy atom. The Hall–Kier alpha value is -0.230. The standard InChI is InChI=1S/C6H9NO4.Na.H/c1-2-5(9)11-6(10)4(7)3-8;;/h3-4H,2,7H2,1H3;;/q;+1;-1. The number of ether oxygens (including phenoxy) is 1. The topological polar surface area (TPSA) is 86.5 Å². The van der Waals surface area contributed by atoms with Gasteiger partial charge in [-0.2, -0.15) is 0 Å². The number of nitrogens with two attached hydrogens (primary N) is 1. The molecule has 64 valence electrons. The maximum Gasteiger partial charge on any atom is 1.00 e. The Morgan fingerprint density at radius 2 is 2.17 bits per heavy atom. The molecule has 0 aliphatic carbocycles. The van der Waals surface area contributed by atoms with Crippen molar-refractivity contribution in [2.24, 2.45) is 5.73 Å². The van der Waals surface area contributed by atoms with Gasteiger partial charge in [-0.15, -0.1) is 0 Å². The molecule has 0 radical (unpaired) electrons. The van der Waals surface area contributed by atoms with E-state index < -0.39 is 18.0 Å². The van der Waals surface area contributed by atoms with Crippen molar-refractivity contribution >= 4 is 18.2 Å². The molecule has 0 aliphatic heterocycles. The monoisotopic (exact) mass is 183 g/mol. The molecule has 0 spiro atoms. The molecule has 0 aromatic heterocycles. The summed E-state index contributed by atoms with van der Waals surface area (Å²) in [7, 11) is 0. The fraction of sp³-hybridized carbons (Fsp3) is 0.500. The van der Waals surface area contributed by atoms with Crippen LogP contribution in [0.3, 0.4) is 0 Å². The van der Waals surface area contributed by atoms with Gasteiger partial charge < -0.3 is 16.7 Å². The Labute approximate surface area is 93.4 Å². The van der Waals surface area contributed by atoms with Gasteiger partial charge in [-0.1, -0.05) is 6.92 Å². The second-order valence-electron chi connectivity index (χ2n) is 1.81. The van der Waals surface area contributed by atoms with Gasteiger partial charge in [-0.05, 0) is 0 Å². The van der Waals surface area contributed by atoms with Crippen molar-refractivity contribution in [2.75, 3.05) is 0 Å². The van der Waals surface area contributed by atoms with Gasteiger partial charge in [0.15, 0.2) is 6.04 Å². The van der Waals surface area contributed by atoms with Crippen LogP contribution in [-0.2, 0) is 19.1 Å². The van der Waals surface area contributed by atoms with E-state index in [4.69, 9.17) is 5.73 Å². The number of carbonyl (C=O) groups excluding carboxylic acids is 3. The molecule has 1 atom stereocenters.